The Kier molecular flexibility index (Phi) is 5.18. The first-order valence-corrected chi connectivity index (χ1v) is 5.80. The van der Waals surface area contributed by atoms with Crippen LogP contribution in [0.4, 0.5) is 0 Å². The smallest absolute Gasteiger partial charge is 0.338 e. The van der Waals surface area contributed by atoms with Crippen molar-refractivity contribution >= 4 is 5.97 Å². The van der Waals surface area contributed by atoms with E-state index >= 15 is 0 Å². The van der Waals surface area contributed by atoms with Gasteiger partial charge in [0.15, 0.2) is 5.60 Å². The maximum absolute atomic E-state index is 11.2. The molecular formula is C11H22N2O3. The zero-order chi connectivity index (χ0) is 12.0. The topological polar surface area (TPSA) is 61.8 Å². The highest BCUT2D eigenvalue weighted by molar-refractivity contribution is 5.78. The third-order valence-electron chi connectivity index (χ3n) is 2.90. The number of hydrogen-bond donors (Lipinski definition) is 2. The number of nitrogens with zero attached hydrogens (tertiary/aromatic N) is 1. The third-order valence-corrected chi connectivity index (χ3v) is 2.90. The fourth-order valence-electron chi connectivity index (χ4n) is 1.87. The summed E-state index contributed by atoms with van der Waals surface area (Å²) in [6, 6.07) is 0. The van der Waals surface area contributed by atoms with Crippen LogP contribution in [0, 0.1) is 0 Å². The molecule has 1 fully saturated rings. The van der Waals surface area contributed by atoms with Crippen LogP contribution in [0.5, 0.6) is 0 Å². The molecular weight excluding hydrogens is 208 g/mol. The standard InChI is InChI=1S/C11H22N2O3/c1-11(15,10(14)16-2)9-12-5-8-13-6-3-4-7-13/h12,15H,3-9H2,1-2H3. The highest BCUT2D eigenvalue weighted by Crippen LogP contribution is 2.06. The van der Waals surface area contributed by atoms with E-state index in [1.54, 1.807) is 0 Å². The quantitative estimate of drug-likeness (QED) is 0.480. The average Bonchev–Trinajstić information content (AvgIpc) is 2.76. The summed E-state index contributed by atoms with van der Waals surface area (Å²) in [5, 5.41) is 12.8. The zero-order valence-corrected chi connectivity index (χ0v) is 10.2. The van der Waals surface area contributed by atoms with Crippen LogP contribution in [0.2, 0.25) is 0 Å². The van der Waals surface area contributed by atoms with E-state index in [1.807, 2.05) is 0 Å². The number of carbonyl (C=O) groups is 1. The fourth-order valence-corrected chi connectivity index (χ4v) is 1.87. The molecule has 1 aliphatic heterocycles. The van der Waals surface area contributed by atoms with E-state index in [1.165, 1.54) is 26.9 Å². The van der Waals surface area contributed by atoms with Gasteiger partial charge in [0.05, 0.1) is 7.11 Å². The van der Waals surface area contributed by atoms with Crippen molar-refractivity contribution in [2.24, 2.45) is 0 Å². The van der Waals surface area contributed by atoms with Crippen LogP contribution in [0.15, 0.2) is 0 Å². The maximum atomic E-state index is 11.2. The molecule has 1 unspecified atom stereocenters. The molecule has 5 nitrogen and oxygen atoms in total. The van der Waals surface area contributed by atoms with Gasteiger partial charge in [-0.25, -0.2) is 4.79 Å². The van der Waals surface area contributed by atoms with Crippen LogP contribution >= 0.6 is 0 Å². The molecule has 16 heavy (non-hydrogen) atoms. The molecule has 0 amide bonds. The Morgan fingerprint density at radius 2 is 2.12 bits per heavy atom. The molecule has 0 aromatic carbocycles. The molecule has 1 rings (SSSR count). The lowest BCUT2D eigenvalue weighted by Gasteiger charge is -2.21. The summed E-state index contributed by atoms with van der Waals surface area (Å²) >= 11 is 0. The molecule has 1 atom stereocenters. The predicted molar refractivity (Wildman–Crippen MR) is 61.2 cm³/mol. The van der Waals surface area contributed by atoms with Gasteiger partial charge in [-0.2, -0.15) is 0 Å². The Bertz CT molecular complexity index is 225. The molecule has 94 valence electrons. The van der Waals surface area contributed by atoms with Gasteiger partial charge in [0.25, 0.3) is 0 Å². The first-order chi connectivity index (χ1) is 7.56. The largest absolute Gasteiger partial charge is 0.467 e. The van der Waals surface area contributed by atoms with Crippen molar-refractivity contribution < 1.29 is 14.6 Å². The number of nitrogens with one attached hydrogen (secondary N) is 1. The molecule has 0 spiro atoms. The highest BCUT2D eigenvalue weighted by atomic mass is 16.5. The van der Waals surface area contributed by atoms with Gasteiger partial charge >= 0.3 is 5.97 Å². The fraction of sp³-hybridized carbons (Fsp3) is 0.909. The van der Waals surface area contributed by atoms with Crippen molar-refractivity contribution in [2.45, 2.75) is 25.4 Å². The molecule has 1 aliphatic rings. The second-order valence-electron chi connectivity index (χ2n) is 4.49. The SMILES string of the molecule is COC(=O)C(C)(O)CNCCN1CCCC1. The number of likely N-dealkylation sites (tertiary alicyclic amines) is 1. The van der Waals surface area contributed by atoms with E-state index in [4.69, 9.17) is 0 Å². The van der Waals surface area contributed by atoms with E-state index in [0.717, 1.165) is 26.2 Å². The summed E-state index contributed by atoms with van der Waals surface area (Å²) < 4.78 is 4.51. The number of esters is 1. The Labute approximate surface area is 96.8 Å². The van der Waals surface area contributed by atoms with E-state index in [-0.39, 0.29) is 6.54 Å². The van der Waals surface area contributed by atoms with Gasteiger partial charge in [0.2, 0.25) is 0 Å². The molecule has 0 bridgehead atoms. The van der Waals surface area contributed by atoms with E-state index in [0.29, 0.717) is 0 Å². The van der Waals surface area contributed by atoms with Gasteiger partial charge in [0.1, 0.15) is 0 Å². The zero-order valence-electron chi connectivity index (χ0n) is 10.2. The van der Waals surface area contributed by atoms with Crippen LogP contribution in [0.3, 0.4) is 0 Å². The minimum atomic E-state index is -1.43. The second kappa shape index (κ2) is 6.18. The van der Waals surface area contributed by atoms with Crippen LogP contribution < -0.4 is 5.32 Å². The number of hydrogen-bond acceptors (Lipinski definition) is 5. The van der Waals surface area contributed by atoms with Gasteiger partial charge in [-0.05, 0) is 32.9 Å². The lowest BCUT2D eigenvalue weighted by Crippen LogP contribution is -2.47. The number of methoxy groups -OCH3 is 1. The minimum Gasteiger partial charge on any atom is -0.467 e. The predicted octanol–water partition coefficient (Wildman–Crippen LogP) is -0.404. The molecule has 1 saturated heterocycles. The van der Waals surface area contributed by atoms with Crippen LogP contribution in [0.25, 0.3) is 0 Å². The number of rotatable bonds is 6. The molecule has 0 aliphatic carbocycles. The lowest BCUT2D eigenvalue weighted by molar-refractivity contribution is -0.159. The minimum absolute atomic E-state index is 0.230. The van der Waals surface area contributed by atoms with Gasteiger partial charge in [0, 0.05) is 19.6 Å². The van der Waals surface area contributed by atoms with Crippen molar-refractivity contribution in [1.82, 2.24) is 10.2 Å². The molecule has 0 aromatic heterocycles. The summed E-state index contributed by atoms with van der Waals surface area (Å²) in [6.07, 6.45) is 2.56. The summed E-state index contributed by atoms with van der Waals surface area (Å²) in [5.74, 6) is -0.596. The van der Waals surface area contributed by atoms with Gasteiger partial charge in [-0.1, -0.05) is 0 Å². The molecule has 2 N–H and O–H groups in total. The van der Waals surface area contributed by atoms with Crippen LogP contribution in [-0.4, -0.2) is 61.4 Å². The first-order valence-electron chi connectivity index (χ1n) is 5.80. The van der Waals surface area contributed by atoms with E-state index in [2.05, 4.69) is 15.0 Å². The summed E-state index contributed by atoms with van der Waals surface area (Å²) in [7, 11) is 1.28. The molecule has 0 saturated carbocycles. The summed E-state index contributed by atoms with van der Waals surface area (Å²) in [6.45, 7) is 5.77. The second-order valence-corrected chi connectivity index (χ2v) is 4.49. The van der Waals surface area contributed by atoms with Gasteiger partial charge < -0.3 is 20.1 Å². The van der Waals surface area contributed by atoms with Gasteiger partial charge in [-0.15, -0.1) is 0 Å². The van der Waals surface area contributed by atoms with E-state index < -0.39 is 11.6 Å². The van der Waals surface area contributed by atoms with Crippen molar-refractivity contribution in [1.29, 1.82) is 0 Å². The summed E-state index contributed by atoms with van der Waals surface area (Å²) in [4.78, 5) is 13.5. The maximum Gasteiger partial charge on any atom is 0.338 e. The van der Waals surface area contributed by atoms with Crippen molar-refractivity contribution in [2.75, 3.05) is 39.8 Å². The average molecular weight is 230 g/mol. The number of ether oxygens (including phenoxy) is 1. The monoisotopic (exact) mass is 230 g/mol. The first kappa shape index (κ1) is 13.4. The van der Waals surface area contributed by atoms with Gasteiger partial charge in [-0.3, -0.25) is 0 Å². The Morgan fingerprint density at radius 3 is 2.69 bits per heavy atom. The van der Waals surface area contributed by atoms with Crippen LogP contribution in [-0.2, 0) is 9.53 Å². The van der Waals surface area contributed by atoms with Crippen molar-refractivity contribution in [3.05, 3.63) is 0 Å². The van der Waals surface area contributed by atoms with Crippen molar-refractivity contribution in [3.63, 3.8) is 0 Å². The molecule has 0 aromatic rings. The number of aliphatic hydroxyl groups is 1. The Morgan fingerprint density at radius 1 is 1.50 bits per heavy atom. The Balaban J connectivity index is 2.11. The normalized spacial score (nSPS) is 20.7. The Hall–Kier alpha value is -0.650. The summed E-state index contributed by atoms with van der Waals surface area (Å²) in [5.41, 5.74) is -1.43. The highest BCUT2D eigenvalue weighted by Gasteiger charge is 2.30. The number of carbonyl (C=O) groups excluding carboxylic acids is 1. The van der Waals surface area contributed by atoms with Crippen LogP contribution in [0.1, 0.15) is 19.8 Å². The lowest BCUT2D eigenvalue weighted by atomic mass is 10.1. The third kappa shape index (κ3) is 4.08. The molecule has 1 heterocycles. The molecule has 5 heteroatoms. The van der Waals surface area contributed by atoms with E-state index in [9.17, 15) is 9.90 Å². The molecule has 0 radical (unpaired) electrons. The van der Waals surface area contributed by atoms with Crippen molar-refractivity contribution in [3.8, 4) is 0 Å².